The Labute approximate surface area is 211 Å². The van der Waals surface area contributed by atoms with Gasteiger partial charge in [0.15, 0.2) is 11.5 Å². The Morgan fingerprint density at radius 1 is 1.11 bits per heavy atom. The van der Waals surface area contributed by atoms with Crippen molar-refractivity contribution in [3.05, 3.63) is 79.0 Å². The van der Waals surface area contributed by atoms with E-state index in [0.29, 0.717) is 24.1 Å². The van der Waals surface area contributed by atoms with Crippen LogP contribution < -0.4 is 10.1 Å². The number of fused-ring (bicyclic) bond motifs is 2. The molecule has 0 spiro atoms. The number of halogens is 2. The molecule has 0 unspecified atom stereocenters. The van der Waals surface area contributed by atoms with Crippen molar-refractivity contribution in [2.75, 3.05) is 0 Å². The number of aromatic nitrogens is 6. The monoisotopic (exact) mass is 505 g/mol. The average Bonchev–Trinajstić information content (AvgIpc) is 3.52. The molecule has 3 aromatic heterocycles. The highest BCUT2D eigenvalue weighted by Gasteiger charge is 2.37. The van der Waals surface area contributed by atoms with E-state index in [2.05, 4.69) is 25.6 Å². The number of rotatable bonds is 8. The molecule has 0 saturated heterocycles. The van der Waals surface area contributed by atoms with Crippen LogP contribution in [-0.4, -0.2) is 47.2 Å². The minimum absolute atomic E-state index is 0.193. The van der Waals surface area contributed by atoms with Crippen molar-refractivity contribution < 1.29 is 18.3 Å². The van der Waals surface area contributed by atoms with Gasteiger partial charge in [-0.1, -0.05) is 44.2 Å². The van der Waals surface area contributed by atoms with Crippen LogP contribution >= 0.6 is 0 Å². The number of amides is 1. The van der Waals surface area contributed by atoms with Crippen LogP contribution in [0.5, 0.6) is 5.75 Å². The van der Waals surface area contributed by atoms with E-state index in [4.69, 9.17) is 4.74 Å². The first-order chi connectivity index (χ1) is 17.7. The van der Waals surface area contributed by atoms with E-state index in [1.54, 1.807) is 40.1 Å². The Kier molecular flexibility index (Phi) is 6.28. The number of hydrogen-bond donors (Lipinski definition) is 1. The lowest BCUT2D eigenvalue weighted by atomic mass is 9.92. The highest BCUT2D eigenvalue weighted by atomic mass is 19.3. The maximum atomic E-state index is 13.7. The van der Waals surface area contributed by atoms with Gasteiger partial charge in [-0.2, -0.15) is 13.9 Å². The Hall–Kier alpha value is -4.41. The zero-order valence-corrected chi connectivity index (χ0v) is 20.4. The van der Waals surface area contributed by atoms with Crippen LogP contribution in [0.4, 0.5) is 8.78 Å². The maximum absolute atomic E-state index is 13.7. The third-order valence-corrected chi connectivity index (χ3v) is 6.06. The molecular formula is C26H25F2N7O2. The van der Waals surface area contributed by atoms with Gasteiger partial charge in [0.2, 0.25) is 0 Å². The minimum Gasteiger partial charge on any atom is -0.484 e. The predicted octanol–water partition coefficient (Wildman–Crippen LogP) is 4.38. The molecule has 0 fully saturated rings. The molecule has 1 N–H and O–H groups in total. The molecule has 0 aliphatic heterocycles. The summed E-state index contributed by atoms with van der Waals surface area (Å²) in [4.78, 5) is 16.6. The third kappa shape index (κ3) is 4.97. The number of hydrogen-bond acceptors (Lipinski definition) is 6. The fourth-order valence-electron chi connectivity index (χ4n) is 4.11. The van der Waals surface area contributed by atoms with Crippen molar-refractivity contribution >= 4 is 22.5 Å². The van der Waals surface area contributed by atoms with Gasteiger partial charge in [-0.25, -0.2) is 9.67 Å². The van der Waals surface area contributed by atoms with Crippen LogP contribution in [0.15, 0.2) is 73.4 Å². The molecule has 3 heterocycles. The molecule has 5 aromatic rings. The van der Waals surface area contributed by atoms with E-state index < -0.39 is 24.0 Å². The molecule has 1 amide bonds. The molecule has 2 aromatic carbocycles. The van der Waals surface area contributed by atoms with Gasteiger partial charge in [0.1, 0.15) is 18.2 Å². The molecule has 190 valence electrons. The minimum atomic E-state index is -3.51. The fourth-order valence-corrected chi connectivity index (χ4v) is 4.11. The Balaban J connectivity index is 1.48. The third-order valence-electron chi connectivity index (χ3n) is 6.06. The van der Waals surface area contributed by atoms with E-state index >= 15 is 0 Å². The van der Waals surface area contributed by atoms with Gasteiger partial charge in [-0.05, 0) is 29.7 Å². The molecule has 0 saturated carbocycles. The summed E-state index contributed by atoms with van der Waals surface area (Å²) in [6.45, 7) is 4.29. The molecule has 11 heteroatoms. The number of carbonyl (C=O) groups is 1. The van der Waals surface area contributed by atoms with Crippen molar-refractivity contribution in [1.82, 2.24) is 34.7 Å². The molecule has 0 aliphatic carbocycles. The molecular weight excluding hydrogens is 480 g/mol. The van der Waals surface area contributed by atoms with Crippen LogP contribution in [0, 0.1) is 5.92 Å². The molecule has 37 heavy (non-hydrogen) atoms. The molecule has 9 nitrogen and oxygen atoms in total. The second kappa shape index (κ2) is 9.57. The Bertz CT molecular complexity index is 1540. The predicted molar refractivity (Wildman–Crippen MR) is 133 cm³/mol. The number of benzene rings is 2. The standard InChI is InChI=1S/C26H25F2N7O2/c1-16(2)23(32-25(36)26(3,27)28)24(17-7-5-4-6-8-17)37-19-9-10-20-18(11-19)12-31-35(20)22-14-34-15-30-33-21(34)13-29-22/h4-16,23-24H,1-3H3,(H,32,36)/t23-,24+/m0/s1. The summed E-state index contributed by atoms with van der Waals surface area (Å²) in [5.41, 5.74) is 2.17. The Morgan fingerprint density at radius 2 is 1.89 bits per heavy atom. The molecule has 5 rings (SSSR count). The summed E-state index contributed by atoms with van der Waals surface area (Å²) < 4.78 is 37.3. The second-order valence-electron chi connectivity index (χ2n) is 9.20. The van der Waals surface area contributed by atoms with E-state index in [-0.39, 0.29) is 5.92 Å². The number of alkyl halides is 2. The number of nitrogens with zero attached hydrogens (tertiary/aromatic N) is 6. The van der Waals surface area contributed by atoms with E-state index in [9.17, 15) is 13.6 Å². The van der Waals surface area contributed by atoms with Crippen LogP contribution in [0.3, 0.4) is 0 Å². The summed E-state index contributed by atoms with van der Waals surface area (Å²) in [6, 6.07) is 14.0. The lowest BCUT2D eigenvalue weighted by molar-refractivity contribution is -0.145. The molecule has 0 radical (unpaired) electrons. The van der Waals surface area contributed by atoms with Gasteiger partial charge < -0.3 is 10.1 Å². The highest BCUT2D eigenvalue weighted by molar-refractivity contribution is 5.83. The first-order valence-electron chi connectivity index (χ1n) is 11.7. The maximum Gasteiger partial charge on any atom is 0.321 e. The summed E-state index contributed by atoms with van der Waals surface area (Å²) >= 11 is 0. The van der Waals surface area contributed by atoms with Crippen molar-refractivity contribution in [3.8, 4) is 11.6 Å². The summed E-state index contributed by atoms with van der Waals surface area (Å²) in [6.07, 6.45) is 5.95. The fraction of sp³-hybridized carbons (Fsp3) is 0.269. The van der Waals surface area contributed by atoms with Gasteiger partial charge in [0.05, 0.1) is 30.1 Å². The van der Waals surface area contributed by atoms with E-state index in [0.717, 1.165) is 16.5 Å². The molecule has 0 bridgehead atoms. The smallest absolute Gasteiger partial charge is 0.321 e. The quantitative estimate of drug-likeness (QED) is 0.336. The van der Waals surface area contributed by atoms with Crippen LogP contribution in [0.1, 0.15) is 32.4 Å². The SMILES string of the molecule is CC(C)[C@H](NC(=O)C(C)(F)F)[C@H](Oc1ccc2c(cnn2-c2cn3cnnc3cn2)c1)c1ccccc1. The Morgan fingerprint density at radius 3 is 2.62 bits per heavy atom. The van der Waals surface area contributed by atoms with Crippen molar-refractivity contribution in [3.63, 3.8) is 0 Å². The van der Waals surface area contributed by atoms with Gasteiger partial charge in [0.25, 0.3) is 5.91 Å². The summed E-state index contributed by atoms with van der Waals surface area (Å²) in [5.74, 6) is -3.95. The first-order valence-corrected chi connectivity index (χ1v) is 11.7. The summed E-state index contributed by atoms with van der Waals surface area (Å²) in [7, 11) is 0. The van der Waals surface area contributed by atoms with Gasteiger partial charge in [-0.3, -0.25) is 9.20 Å². The second-order valence-corrected chi connectivity index (χ2v) is 9.20. The zero-order chi connectivity index (χ0) is 26.2. The number of ether oxygens (including phenoxy) is 1. The number of carbonyl (C=O) groups excluding carboxylic acids is 1. The lowest BCUT2D eigenvalue weighted by Gasteiger charge is -2.32. The summed E-state index contributed by atoms with van der Waals surface area (Å²) in [5, 5.41) is 15.6. The van der Waals surface area contributed by atoms with Crippen LogP contribution in [0.25, 0.3) is 22.4 Å². The zero-order valence-electron chi connectivity index (χ0n) is 20.4. The topological polar surface area (TPSA) is 99.2 Å². The van der Waals surface area contributed by atoms with Crippen LogP contribution in [0.2, 0.25) is 0 Å². The molecule has 0 aliphatic rings. The largest absolute Gasteiger partial charge is 0.484 e. The van der Waals surface area contributed by atoms with Crippen LogP contribution in [-0.2, 0) is 4.79 Å². The van der Waals surface area contributed by atoms with E-state index in [1.807, 2.05) is 56.3 Å². The first kappa shape index (κ1) is 24.3. The van der Waals surface area contributed by atoms with Crippen molar-refractivity contribution in [2.24, 2.45) is 5.92 Å². The lowest BCUT2D eigenvalue weighted by Crippen LogP contribution is -2.49. The van der Waals surface area contributed by atoms with Crippen molar-refractivity contribution in [2.45, 2.75) is 38.8 Å². The normalized spacial score (nSPS) is 13.7. The van der Waals surface area contributed by atoms with E-state index in [1.165, 1.54) is 0 Å². The number of nitrogens with one attached hydrogen (secondary N) is 1. The van der Waals surface area contributed by atoms with Gasteiger partial charge in [-0.15, -0.1) is 10.2 Å². The van der Waals surface area contributed by atoms with Gasteiger partial charge >= 0.3 is 5.92 Å². The average molecular weight is 506 g/mol. The van der Waals surface area contributed by atoms with Gasteiger partial charge in [0, 0.05) is 12.3 Å². The molecule has 2 atom stereocenters. The van der Waals surface area contributed by atoms with Crippen molar-refractivity contribution in [1.29, 1.82) is 0 Å². The highest BCUT2D eigenvalue weighted by Crippen LogP contribution is 2.31.